The Labute approximate surface area is 108 Å². The van der Waals surface area contributed by atoms with E-state index in [1.54, 1.807) is 6.20 Å². The van der Waals surface area contributed by atoms with E-state index in [1.165, 1.54) is 19.3 Å². The van der Waals surface area contributed by atoms with E-state index >= 15 is 0 Å². The number of aryl methyl sites for hydroxylation is 1. The molecule has 4 N–H and O–H groups in total. The highest BCUT2D eigenvalue weighted by molar-refractivity contribution is 5.45. The molecular weight excluding hydrogens is 228 g/mol. The maximum atomic E-state index is 5.34. The van der Waals surface area contributed by atoms with Gasteiger partial charge in [0, 0.05) is 23.8 Å². The summed E-state index contributed by atoms with van der Waals surface area (Å²) in [6.45, 7) is 6.46. The minimum absolute atomic E-state index is 0.431. The number of aromatic nitrogens is 2. The van der Waals surface area contributed by atoms with E-state index in [4.69, 9.17) is 5.84 Å². The van der Waals surface area contributed by atoms with Crippen molar-refractivity contribution >= 4 is 11.8 Å². The number of hydrogen-bond donors (Lipinski definition) is 3. The van der Waals surface area contributed by atoms with Crippen LogP contribution in [0.1, 0.15) is 38.7 Å². The molecule has 1 aliphatic heterocycles. The van der Waals surface area contributed by atoms with Crippen LogP contribution in [0, 0.1) is 6.92 Å². The van der Waals surface area contributed by atoms with E-state index in [1.807, 2.05) is 6.92 Å². The van der Waals surface area contributed by atoms with E-state index in [0.717, 1.165) is 11.4 Å². The topological polar surface area (TPSA) is 79.1 Å². The van der Waals surface area contributed by atoms with Crippen molar-refractivity contribution in [1.29, 1.82) is 0 Å². The normalized spacial score (nSPS) is 24.9. The summed E-state index contributed by atoms with van der Waals surface area (Å²) in [5.74, 6) is 6.59. The zero-order valence-electron chi connectivity index (χ0n) is 11.3. The van der Waals surface area contributed by atoms with Crippen molar-refractivity contribution < 1.29 is 0 Å². The Morgan fingerprint density at radius 1 is 1.33 bits per heavy atom. The van der Waals surface area contributed by atoms with Gasteiger partial charge in [-0.25, -0.2) is 15.8 Å². The van der Waals surface area contributed by atoms with Crippen LogP contribution in [0.2, 0.25) is 0 Å². The van der Waals surface area contributed by atoms with Gasteiger partial charge in [0.05, 0.1) is 0 Å². The quantitative estimate of drug-likeness (QED) is 0.559. The van der Waals surface area contributed by atoms with Crippen LogP contribution in [-0.4, -0.2) is 27.1 Å². The molecule has 18 heavy (non-hydrogen) atoms. The minimum atomic E-state index is 0.431. The average Bonchev–Trinajstić information content (AvgIpc) is 2.36. The summed E-state index contributed by atoms with van der Waals surface area (Å²) in [5.41, 5.74) is 6.90. The summed E-state index contributed by atoms with van der Waals surface area (Å²) < 4.78 is 0. The number of nitrogens with zero attached hydrogens (tertiary/aromatic N) is 3. The Kier molecular flexibility index (Phi) is 3.98. The van der Waals surface area contributed by atoms with E-state index in [9.17, 15) is 0 Å². The Morgan fingerprint density at radius 2 is 2.00 bits per heavy atom. The van der Waals surface area contributed by atoms with Gasteiger partial charge in [-0.15, -0.1) is 0 Å². The van der Waals surface area contributed by atoms with Crippen LogP contribution in [0.5, 0.6) is 0 Å². The second-order valence-electron chi connectivity index (χ2n) is 5.02. The molecule has 0 radical (unpaired) electrons. The van der Waals surface area contributed by atoms with Crippen molar-refractivity contribution in [2.45, 2.75) is 52.1 Å². The Morgan fingerprint density at radius 3 is 2.61 bits per heavy atom. The van der Waals surface area contributed by atoms with Crippen LogP contribution >= 0.6 is 0 Å². The molecule has 2 atom stereocenters. The molecule has 1 aromatic heterocycles. The first-order valence-electron chi connectivity index (χ1n) is 6.47. The Bertz CT molecular complexity index is 398. The van der Waals surface area contributed by atoms with Crippen molar-refractivity contribution in [3.63, 3.8) is 0 Å². The lowest BCUT2D eigenvalue weighted by Crippen LogP contribution is -2.47. The first-order chi connectivity index (χ1) is 8.61. The molecule has 2 rings (SSSR count). The lowest BCUT2D eigenvalue weighted by molar-refractivity contribution is 0.135. The average molecular weight is 250 g/mol. The molecule has 1 saturated heterocycles. The SMILES string of the molecule is Cc1cnc(NN)nc1NN1C(C)CCCC1C. The summed E-state index contributed by atoms with van der Waals surface area (Å²) in [5, 5.41) is 2.28. The predicted molar refractivity (Wildman–Crippen MR) is 72.8 cm³/mol. The standard InChI is InChI=1S/C12H22N6/c1-8-7-14-12(16-13)15-11(8)17-18-9(2)5-4-6-10(18)3/h7,9-10H,4-6,13H2,1-3H3,(H2,14,15,16,17). The van der Waals surface area contributed by atoms with Crippen LogP contribution in [0.3, 0.4) is 0 Å². The number of nitrogens with one attached hydrogen (secondary N) is 2. The van der Waals surface area contributed by atoms with E-state index in [2.05, 4.69) is 39.7 Å². The largest absolute Gasteiger partial charge is 0.302 e. The molecule has 1 fully saturated rings. The van der Waals surface area contributed by atoms with Crippen LogP contribution in [0.4, 0.5) is 11.8 Å². The van der Waals surface area contributed by atoms with Crippen LogP contribution < -0.4 is 16.7 Å². The van der Waals surface area contributed by atoms with Crippen molar-refractivity contribution in [1.82, 2.24) is 15.0 Å². The number of rotatable bonds is 3. The third-order valence-corrected chi connectivity index (χ3v) is 3.53. The third-order valence-electron chi connectivity index (χ3n) is 3.53. The van der Waals surface area contributed by atoms with Crippen molar-refractivity contribution in [2.75, 3.05) is 10.9 Å². The van der Waals surface area contributed by atoms with Gasteiger partial charge < -0.3 is 5.43 Å². The zero-order chi connectivity index (χ0) is 13.1. The van der Waals surface area contributed by atoms with Gasteiger partial charge in [0.1, 0.15) is 5.82 Å². The van der Waals surface area contributed by atoms with Gasteiger partial charge in [-0.2, -0.15) is 4.98 Å². The van der Waals surface area contributed by atoms with Crippen molar-refractivity contribution in [3.8, 4) is 0 Å². The molecule has 100 valence electrons. The molecule has 6 heteroatoms. The van der Waals surface area contributed by atoms with E-state index in [-0.39, 0.29) is 0 Å². The van der Waals surface area contributed by atoms with E-state index in [0.29, 0.717) is 18.0 Å². The number of piperidine rings is 1. The molecule has 0 saturated carbocycles. The molecular formula is C12H22N6. The summed E-state index contributed by atoms with van der Waals surface area (Å²) in [7, 11) is 0. The second kappa shape index (κ2) is 5.49. The summed E-state index contributed by atoms with van der Waals surface area (Å²) in [6.07, 6.45) is 5.48. The molecule has 1 aliphatic rings. The first kappa shape index (κ1) is 13.0. The maximum Gasteiger partial charge on any atom is 0.239 e. The summed E-state index contributed by atoms with van der Waals surface area (Å²) >= 11 is 0. The zero-order valence-corrected chi connectivity index (χ0v) is 11.3. The maximum absolute atomic E-state index is 5.34. The van der Waals surface area contributed by atoms with Crippen molar-refractivity contribution in [3.05, 3.63) is 11.8 Å². The first-order valence-corrected chi connectivity index (χ1v) is 6.47. The lowest BCUT2D eigenvalue weighted by Gasteiger charge is -2.39. The Balaban J connectivity index is 2.16. The number of hydrogen-bond acceptors (Lipinski definition) is 6. The number of hydrazine groups is 2. The van der Waals surface area contributed by atoms with Gasteiger partial charge in [0.15, 0.2) is 0 Å². The summed E-state index contributed by atoms with van der Waals surface area (Å²) in [6, 6.07) is 1.02. The molecule has 0 aliphatic carbocycles. The highest BCUT2D eigenvalue weighted by Crippen LogP contribution is 2.24. The molecule has 0 spiro atoms. The molecule has 0 amide bonds. The lowest BCUT2D eigenvalue weighted by atomic mass is 10.00. The minimum Gasteiger partial charge on any atom is -0.302 e. The van der Waals surface area contributed by atoms with Gasteiger partial charge in [0.2, 0.25) is 5.95 Å². The fourth-order valence-electron chi connectivity index (χ4n) is 2.39. The van der Waals surface area contributed by atoms with Crippen molar-refractivity contribution in [2.24, 2.45) is 5.84 Å². The van der Waals surface area contributed by atoms with Gasteiger partial charge in [-0.3, -0.25) is 5.43 Å². The van der Waals surface area contributed by atoms with Gasteiger partial charge in [0.25, 0.3) is 0 Å². The van der Waals surface area contributed by atoms with Crippen LogP contribution in [0.15, 0.2) is 6.20 Å². The molecule has 2 unspecified atom stereocenters. The number of nitrogen functional groups attached to an aromatic ring is 1. The fraction of sp³-hybridized carbons (Fsp3) is 0.667. The van der Waals surface area contributed by atoms with Gasteiger partial charge in [-0.1, -0.05) is 6.42 Å². The van der Waals surface area contributed by atoms with Crippen LogP contribution in [-0.2, 0) is 0 Å². The highest BCUT2D eigenvalue weighted by atomic mass is 15.6. The highest BCUT2D eigenvalue weighted by Gasteiger charge is 2.25. The van der Waals surface area contributed by atoms with Crippen LogP contribution in [0.25, 0.3) is 0 Å². The number of nitrogens with two attached hydrogens (primary N) is 1. The third kappa shape index (κ3) is 2.70. The molecule has 0 aromatic carbocycles. The smallest absolute Gasteiger partial charge is 0.239 e. The molecule has 6 nitrogen and oxygen atoms in total. The predicted octanol–water partition coefficient (Wildman–Crippen LogP) is 1.66. The monoisotopic (exact) mass is 250 g/mol. The molecule has 0 bridgehead atoms. The van der Waals surface area contributed by atoms with Gasteiger partial charge >= 0.3 is 0 Å². The van der Waals surface area contributed by atoms with Gasteiger partial charge in [-0.05, 0) is 33.6 Å². The Hall–Kier alpha value is -1.40. The molecule has 2 heterocycles. The fourth-order valence-corrected chi connectivity index (χ4v) is 2.39. The summed E-state index contributed by atoms with van der Waals surface area (Å²) in [4.78, 5) is 8.44. The molecule has 1 aromatic rings. The second-order valence-corrected chi connectivity index (χ2v) is 5.02. The number of anilines is 2. The van der Waals surface area contributed by atoms with E-state index < -0.39 is 0 Å².